The zero-order chi connectivity index (χ0) is 50.7. The van der Waals surface area contributed by atoms with Crippen molar-refractivity contribution in [3.05, 3.63) is 48.6 Å². The van der Waals surface area contributed by atoms with Gasteiger partial charge in [-0.2, -0.15) is 0 Å². The van der Waals surface area contributed by atoms with Crippen LogP contribution in [0.4, 0.5) is 0 Å². The first kappa shape index (κ1) is 67.4. The Morgan fingerprint density at radius 1 is 0.286 bits per heavy atom. The molecule has 0 N–H and O–H groups in total. The van der Waals surface area contributed by atoms with Gasteiger partial charge in [-0.15, -0.1) is 0 Å². The van der Waals surface area contributed by atoms with E-state index in [0.29, 0.717) is 19.3 Å². The zero-order valence-electron chi connectivity index (χ0n) is 46.8. The predicted octanol–water partition coefficient (Wildman–Crippen LogP) is 20.6. The van der Waals surface area contributed by atoms with Gasteiger partial charge in [0.1, 0.15) is 13.2 Å². The molecule has 0 aromatic heterocycles. The summed E-state index contributed by atoms with van der Waals surface area (Å²) in [6, 6.07) is 0. The quantitative estimate of drug-likeness (QED) is 0.0261. The summed E-state index contributed by atoms with van der Waals surface area (Å²) in [5.74, 6) is -0.872. The molecule has 0 saturated heterocycles. The molecule has 0 spiro atoms. The standard InChI is InChI=1S/C64H116O6/c1-4-7-10-13-16-19-22-24-26-28-29-30-31-32-33-34-35-36-38-39-42-45-48-51-54-57-63(66)69-60-61(59-68-62(65)56-53-50-47-44-41-21-18-15-12-9-6-3)70-64(67)58-55-52-49-46-43-40-37-27-25-23-20-17-14-11-8-5-2/h22,24,27-29,31-32,37,61H,4-21,23,25-26,30,33-36,38-60H2,1-3H3/b24-22-,29-28-,32-31-,37-27-. The molecule has 0 aliphatic carbocycles. The van der Waals surface area contributed by atoms with Gasteiger partial charge in [0, 0.05) is 19.3 Å². The van der Waals surface area contributed by atoms with Gasteiger partial charge >= 0.3 is 17.9 Å². The first-order chi connectivity index (χ1) is 34.5. The Morgan fingerprint density at radius 2 is 0.514 bits per heavy atom. The maximum atomic E-state index is 12.9. The molecule has 6 nitrogen and oxygen atoms in total. The number of hydrogen-bond acceptors (Lipinski definition) is 6. The highest BCUT2D eigenvalue weighted by molar-refractivity contribution is 5.71. The lowest BCUT2D eigenvalue weighted by Gasteiger charge is -2.18. The Labute approximate surface area is 435 Å². The monoisotopic (exact) mass is 981 g/mol. The van der Waals surface area contributed by atoms with E-state index in [2.05, 4.69) is 69.4 Å². The van der Waals surface area contributed by atoms with E-state index in [9.17, 15) is 14.4 Å². The number of carbonyl (C=O) groups is 3. The van der Waals surface area contributed by atoms with Gasteiger partial charge in [0.05, 0.1) is 0 Å². The van der Waals surface area contributed by atoms with E-state index in [-0.39, 0.29) is 31.1 Å². The molecule has 0 aromatic rings. The van der Waals surface area contributed by atoms with E-state index in [4.69, 9.17) is 14.2 Å². The van der Waals surface area contributed by atoms with Crippen LogP contribution in [0.5, 0.6) is 0 Å². The van der Waals surface area contributed by atoms with Gasteiger partial charge < -0.3 is 14.2 Å². The van der Waals surface area contributed by atoms with Crippen molar-refractivity contribution >= 4 is 17.9 Å². The number of unbranched alkanes of at least 4 members (excludes halogenated alkanes) is 37. The molecule has 70 heavy (non-hydrogen) atoms. The van der Waals surface area contributed by atoms with Crippen LogP contribution in [0, 0.1) is 0 Å². The van der Waals surface area contributed by atoms with Crippen LogP contribution in [0.3, 0.4) is 0 Å². The second-order valence-electron chi connectivity index (χ2n) is 20.6. The van der Waals surface area contributed by atoms with Gasteiger partial charge in [-0.05, 0) is 83.5 Å². The minimum Gasteiger partial charge on any atom is -0.462 e. The van der Waals surface area contributed by atoms with E-state index < -0.39 is 6.10 Å². The third kappa shape index (κ3) is 56.3. The summed E-state index contributed by atoms with van der Waals surface area (Å²) in [5, 5.41) is 0. The van der Waals surface area contributed by atoms with E-state index >= 15 is 0 Å². The lowest BCUT2D eigenvalue weighted by atomic mass is 10.1. The summed E-state index contributed by atoms with van der Waals surface area (Å²) in [7, 11) is 0. The molecule has 0 radical (unpaired) electrons. The van der Waals surface area contributed by atoms with E-state index in [1.54, 1.807) is 0 Å². The fourth-order valence-corrected chi connectivity index (χ4v) is 8.92. The van der Waals surface area contributed by atoms with Crippen LogP contribution in [-0.4, -0.2) is 37.2 Å². The van der Waals surface area contributed by atoms with Gasteiger partial charge in [0.15, 0.2) is 6.10 Å². The number of rotatable bonds is 56. The smallest absolute Gasteiger partial charge is 0.306 e. The van der Waals surface area contributed by atoms with Gasteiger partial charge in [0.25, 0.3) is 0 Å². The molecule has 408 valence electrons. The average molecular weight is 982 g/mol. The Hall–Kier alpha value is -2.63. The van der Waals surface area contributed by atoms with Crippen molar-refractivity contribution in [2.24, 2.45) is 0 Å². The fraction of sp³-hybridized carbons (Fsp3) is 0.828. The molecule has 0 aliphatic rings. The molecule has 0 heterocycles. The molecule has 0 bridgehead atoms. The van der Waals surface area contributed by atoms with Crippen LogP contribution in [0.25, 0.3) is 0 Å². The van der Waals surface area contributed by atoms with Crippen LogP contribution >= 0.6 is 0 Å². The number of esters is 3. The summed E-state index contributed by atoms with van der Waals surface area (Å²) in [4.78, 5) is 38.2. The summed E-state index contributed by atoms with van der Waals surface area (Å²) >= 11 is 0. The molecule has 0 amide bonds. The van der Waals surface area contributed by atoms with Gasteiger partial charge in [-0.25, -0.2) is 0 Å². The summed E-state index contributed by atoms with van der Waals surface area (Å²) in [6.45, 7) is 6.64. The minimum atomic E-state index is -0.776. The fourth-order valence-electron chi connectivity index (χ4n) is 8.92. The highest BCUT2D eigenvalue weighted by Crippen LogP contribution is 2.16. The molecular weight excluding hydrogens is 865 g/mol. The second-order valence-corrected chi connectivity index (χ2v) is 20.6. The van der Waals surface area contributed by atoms with E-state index in [0.717, 1.165) is 77.0 Å². The van der Waals surface area contributed by atoms with Crippen molar-refractivity contribution in [3.8, 4) is 0 Å². The number of allylic oxidation sites excluding steroid dienone is 8. The van der Waals surface area contributed by atoms with Crippen molar-refractivity contribution in [1.82, 2.24) is 0 Å². The topological polar surface area (TPSA) is 78.9 Å². The molecule has 1 atom stereocenters. The largest absolute Gasteiger partial charge is 0.462 e. The van der Waals surface area contributed by atoms with Crippen LogP contribution in [0.2, 0.25) is 0 Å². The third-order valence-electron chi connectivity index (χ3n) is 13.6. The highest BCUT2D eigenvalue weighted by atomic mass is 16.6. The number of carbonyl (C=O) groups excluding carboxylic acids is 3. The second kappa shape index (κ2) is 58.9. The SMILES string of the molecule is CCCCCCC/C=C\C/C=C\C/C=C\CCCCCCCCCCCCC(=O)OCC(COC(=O)CCCCCCCCCCCCC)OC(=O)CCCCCCC/C=C\CCCCCCCCC. The van der Waals surface area contributed by atoms with E-state index in [1.807, 2.05) is 0 Å². The van der Waals surface area contributed by atoms with Crippen molar-refractivity contribution in [2.75, 3.05) is 13.2 Å². The summed E-state index contributed by atoms with van der Waals surface area (Å²) in [5.41, 5.74) is 0. The lowest BCUT2D eigenvalue weighted by molar-refractivity contribution is -0.167. The Morgan fingerprint density at radius 3 is 0.814 bits per heavy atom. The summed E-state index contributed by atoms with van der Waals surface area (Å²) < 4.78 is 16.9. The first-order valence-corrected chi connectivity index (χ1v) is 30.6. The zero-order valence-corrected chi connectivity index (χ0v) is 46.8. The maximum absolute atomic E-state index is 12.9. The molecule has 0 rings (SSSR count). The van der Waals surface area contributed by atoms with Crippen LogP contribution < -0.4 is 0 Å². The summed E-state index contributed by atoms with van der Waals surface area (Å²) in [6.07, 6.45) is 72.5. The Balaban J connectivity index is 4.26. The normalized spacial score (nSPS) is 12.3. The predicted molar refractivity (Wildman–Crippen MR) is 302 cm³/mol. The molecule has 6 heteroatoms. The molecule has 0 saturated carbocycles. The van der Waals surface area contributed by atoms with Crippen molar-refractivity contribution in [2.45, 2.75) is 329 Å². The molecule has 0 aromatic carbocycles. The van der Waals surface area contributed by atoms with Gasteiger partial charge in [0.2, 0.25) is 0 Å². The van der Waals surface area contributed by atoms with Crippen molar-refractivity contribution in [1.29, 1.82) is 0 Å². The Kier molecular flexibility index (Phi) is 56.7. The molecular formula is C64H116O6. The third-order valence-corrected chi connectivity index (χ3v) is 13.6. The van der Waals surface area contributed by atoms with Crippen LogP contribution in [0.1, 0.15) is 323 Å². The van der Waals surface area contributed by atoms with Crippen molar-refractivity contribution in [3.63, 3.8) is 0 Å². The van der Waals surface area contributed by atoms with Crippen molar-refractivity contribution < 1.29 is 28.6 Å². The molecule has 0 fully saturated rings. The minimum absolute atomic E-state index is 0.0744. The number of hydrogen-bond donors (Lipinski definition) is 0. The number of ether oxygens (including phenoxy) is 3. The molecule has 1 unspecified atom stereocenters. The average Bonchev–Trinajstić information content (AvgIpc) is 3.36. The van der Waals surface area contributed by atoms with Crippen LogP contribution in [0.15, 0.2) is 48.6 Å². The maximum Gasteiger partial charge on any atom is 0.306 e. The highest BCUT2D eigenvalue weighted by Gasteiger charge is 2.19. The lowest BCUT2D eigenvalue weighted by Crippen LogP contribution is -2.30. The first-order valence-electron chi connectivity index (χ1n) is 30.6. The van der Waals surface area contributed by atoms with Gasteiger partial charge in [-0.3, -0.25) is 14.4 Å². The van der Waals surface area contributed by atoms with E-state index in [1.165, 1.54) is 205 Å². The van der Waals surface area contributed by atoms with Crippen LogP contribution in [-0.2, 0) is 28.6 Å². The van der Waals surface area contributed by atoms with Gasteiger partial charge in [-0.1, -0.05) is 268 Å². The molecule has 0 aliphatic heterocycles. The Bertz CT molecular complexity index is 1220.